The van der Waals surface area contributed by atoms with Crippen molar-refractivity contribution < 1.29 is 19.1 Å². The smallest absolute Gasteiger partial charge is 0.326 e. The number of imide groups is 1. The predicted molar refractivity (Wildman–Crippen MR) is 89.7 cm³/mol. The van der Waals surface area contributed by atoms with Crippen LogP contribution in [-0.4, -0.2) is 34.2 Å². The Labute approximate surface area is 144 Å². The molecule has 1 saturated heterocycles. The number of nitriles is 1. The van der Waals surface area contributed by atoms with Crippen molar-refractivity contribution in [3.8, 4) is 6.07 Å². The summed E-state index contributed by atoms with van der Waals surface area (Å²) >= 11 is 0.772. The average Bonchev–Trinajstić information content (AvgIpc) is 2.74. The molecular weight excluding hydrogens is 328 g/mol. The van der Waals surface area contributed by atoms with Gasteiger partial charge in [0, 0.05) is 0 Å². The van der Waals surface area contributed by atoms with Gasteiger partial charge in [-0.15, -0.1) is 0 Å². The predicted octanol–water partition coefficient (Wildman–Crippen LogP) is 2.94. The summed E-state index contributed by atoms with van der Waals surface area (Å²) in [6.07, 6.45) is 1.56. The van der Waals surface area contributed by atoms with Gasteiger partial charge in [0.15, 0.2) is 0 Å². The van der Waals surface area contributed by atoms with Gasteiger partial charge in [-0.2, -0.15) is 5.26 Å². The largest absolute Gasteiger partial charge is 0.459 e. The Kier molecular flexibility index (Phi) is 5.10. The summed E-state index contributed by atoms with van der Waals surface area (Å²) in [5, 5.41) is 8.26. The highest BCUT2D eigenvalue weighted by molar-refractivity contribution is 8.18. The Balaban J connectivity index is 2.11. The van der Waals surface area contributed by atoms with Gasteiger partial charge >= 0.3 is 5.97 Å². The fourth-order valence-electron chi connectivity index (χ4n) is 1.94. The molecule has 0 N–H and O–H groups in total. The van der Waals surface area contributed by atoms with Crippen LogP contribution in [0.2, 0.25) is 0 Å². The molecule has 0 aliphatic carbocycles. The molecule has 1 aliphatic rings. The van der Waals surface area contributed by atoms with E-state index in [9.17, 15) is 14.4 Å². The van der Waals surface area contributed by atoms with Crippen LogP contribution in [0.25, 0.3) is 6.08 Å². The summed E-state index contributed by atoms with van der Waals surface area (Å²) in [4.78, 5) is 37.2. The van der Waals surface area contributed by atoms with E-state index in [1.54, 1.807) is 51.1 Å². The van der Waals surface area contributed by atoms with E-state index in [1.807, 2.05) is 6.07 Å². The molecule has 24 heavy (non-hydrogen) atoms. The van der Waals surface area contributed by atoms with Crippen LogP contribution >= 0.6 is 11.8 Å². The van der Waals surface area contributed by atoms with Crippen LogP contribution in [0.15, 0.2) is 29.2 Å². The highest BCUT2D eigenvalue weighted by atomic mass is 32.2. The van der Waals surface area contributed by atoms with Gasteiger partial charge in [0.05, 0.1) is 16.5 Å². The number of esters is 1. The van der Waals surface area contributed by atoms with Crippen LogP contribution in [0, 0.1) is 11.3 Å². The Morgan fingerprint density at radius 2 is 1.92 bits per heavy atom. The summed E-state index contributed by atoms with van der Waals surface area (Å²) in [5.41, 5.74) is 0.513. The fourth-order valence-corrected chi connectivity index (χ4v) is 2.78. The molecule has 0 radical (unpaired) electrons. The van der Waals surface area contributed by atoms with Crippen molar-refractivity contribution in [2.24, 2.45) is 0 Å². The van der Waals surface area contributed by atoms with E-state index >= 15 is 0 Å². The Morgan fingerprint density at radius 3 is 2.46 bits per heavy atom. The number of thioether (sulfide) groups is 1. The molecule has 1 fully saturated rings. The molecule has 6 nitrogen and oxygen atoms in total. The number of carbonyl (C=O) groups is 3. The standard InChI is InChI=1S/C17H16N2O4S/c1-17(2,3)23-14(20)10-19-15(21)13(24-16(19)22)8-11-4-6-12(9-18)7-5-11/h4-8H,10H2,1-3H3/b13-8-. The molecule has 0 atom stereocenters. The lowest BCUT2D eigenvalue weighted by Crippen LogP contribution is -2.37. The first-order valence-electron chi connectivity index (χ1n) is 7.17. The number of amides is 2. The summed E-state index contributed by atoms with van der Waals surface area (Å²) in [5.74, 6) is -1.16. The number of rotatable bonds is 3. The van der Waals surface area contributed by atoms with Crippen LogP contribution in [-0.2, 0) is 14.3 Å². The number of carbonyl (C=O) groups excluding carboxylic acids is 3. The molecule has 1 aliphatic heterocycles. The summed E-state index contributed by atoms with van der Waals surface area (Å²) in [7, 11) is 0. The molecule has 2 rings (SSSR count). The molecule has 124 valence electrons. The van der Waals surface area contributed by atoms with Crippen molar-refractivity contribution in [2.45, 2.75) is 26.4 Å². The van der Waals surface area contributed by atoms with Crippen molar-refractivity contribution in [1.29, 1.82) is 5.26 Å². The van der Waals surface area contributed by atoms with Crippen LogP contribution in [0.1, 0.15) is 31.9 Å². The van der Waals surface area contributed by atoms with E-state index in [0.29, 0.717) is 11.1 Å². The Hall–Kier alpha value is -2.59. The third-order valence-electron chi connectivity index (χ3n) is 2.92. The molecule has 0 aromatic heterocycles. The number of benzene rings is 1. The minimum atomic E-state index is -0.683. The lowest BCUT2D eigenvalue weighted by atomic mass is 10.1. The van der Waals surface area contributed by atoms with Gasteiger partial charge in [0.1, 0.15) is 12.1 Å². The van der Waals surface area contributed by atoms with Crippen LogP contribution in [0.5, 0.6) is 0 Å². The first kappa shape index (κ1) is 17.8. The number of hydrogen-bond donors (Lipinski definition) is 0. The number of nitrogens with zero attached hydrogens (tertiary/aromatic N) is 2. The molecule has 0 unspecified atom stereocenters. The van der Waals surface area contributed by atoms with E-state index in [4.69, 9.17) is 10.00 Å². The summed E-state index contributed by atoms with van der Waals surface area (Å²) < 4.78 is 5.13. The van der Waals surface area contributed by atoms with Gasteiger partial charge in [0.2, 0.25) is 0 Å². The second kappa shape index (κ2) is 6.89. The number of ether oxygens (including phenoxy) is 1. The van der Waals surface area contributed by atoms with Crippen molar-refractivity contribution in [3.63, 3.8) is 0 Å². The molecule has 0 saturated carbocycles. The molecule has 1 aromatic rings. The maximum absolute atomic E-state index is 12.3. The first-order chi connectivity index (χ1) is 11.2. The van der Waals surface area contributed by atoms with Crippen LogP contribution < -0.4 is 0 Å². The third-order valence-corrected chi connectivity index (χ3v) is 3.83. The van der Waals surface area contributed by atoms with E-state index in [1.165, 1.54) is 0 Å². The lowest BCUT2D eigenvalue weighted by Gasteiger charge is -2.21. The van der Waals surface area contributed by atoms with Crippen LogP contribution in [0.3, 0.4) is 0 Å². The molecule has 0 spiro atoms. The molecule has 0 bridgehead atoms. The zero-order valence-corrected chi connectivity index (χ0v) is 14.3. The van der Waals surface area contributed by atoms with Gasteiger partial charge in [-0.3, -0.25) is 19.3 Å². The maximum atomic E-state index is 12.3. The van der Waals surface area contributed by atoms with Crippen molar-refractivity contribution in [1.82, 2.24) is 4.90 Å². The van der Waals surface area contributed by atoms with Gasteiger partial charge < -0.3 is 4.74 Å². The van der Waals surface area contributed by atoms with Gasteiger partial charge in [-0.05, 0) is 56.3 Å². The number of hydrogen-bond acceptors (Lipinski definition) is 6. The van der Waals surface area contributed by atoms with E-state index in [0.717, 1.165) is 16.7 Å². The van der Waals surface area contributed by atoms with E-state index < -0.39 is 29.3 Å². The zero-order valence-electron chi connectivity index (χ0n) is 13.5. The topological polar surface area (TPSA) is 87.5 Å². The average molecular weight is 344 g/mol. The molecule has 1 aromatic carbocycles. The monoisotopic (exact) mass is 344 g/mol. The molecule has 7 heteroatoms. The molecule has 1 heterocycles. The SMILES string of the molecule is CC(C)(C)OC(=O)CN1C(=O)S/C(=C\c2ccc(C#N)cc2)C1=O. The van der Waals surface area contributed by atoms with Crippen LogP contribution in [0.4, 0.5) is 4.79 Å². The quantitative estimate of drug-likeness (QED) is 0.619. The van der Waals surface area contributed by atoms with Gasteiger partial charge in [-0.1, -0.05) is 12.1 Å². The van der Waals surface area contributed by atoms with E-state index in [-0.39, 0.29) is 4.91 Å². The fraction of sp³-hybridized carbons (Fsp3) is 0.294. The zero-order chi connectivity index (χ0) is 17.9. The second-order valence-corrected chi connectivity index (χ2v) is 7.08. The summed E-state index contributed by atoms with van der Waals surface area (Å²) in [6.45, 7) is 4.73. The maximum Gasteiger partial charge on any atom is 0.326 e. The highest BCUT2D eigenvalue weighted by Crippen LogP contribution is 2.32. The normalized spacial score (nSPS) is 16.4. The Bertz CT molecular complexity index is 754. The third kappa shape index (κ3) is 4.46. The second-order valence-electron chi connectivity index (χ2n) is 6.09. The Morgan fingerprint density at radius 1 is 1.29 bits per heavy atom. The minimum Gasteiger partial charge on any atom is -0.459 e. The first-order valence-corrected chi connectivity index (χ1v) is 7.98. The van der Waals surface area contributed by atoms with Crippen molar-refractivity contribution in [3.05, 3.63) is 40.3 Å². The van der Waals surface area contributed by atoms with Crippen molar-refractivity contribution in [2.75, 3.05) is 6.54 Å². The highest BCUT2D eigenvalue weighted by Gasteiger charge is 2.37. The van der Waals surface area contributed by atoms with Crippen molar-refractivity contribution >= 4 is 35.0 Å². The minimum absolute atomic E-state index is 0.230. The lowest BCUT2D eigenvalue weighted by molar-refractivity contribution is -0.156. The summed E-state index contributed by atoms with van der Waals surface area (Å²) in [6, 6.07) is 8.61. The van der Waals surface area contributed by atoms with E-state index in [2.05, 4.69) is 0 Å². The molecule has 2 amide bonds. The van der Waals surface area contributed by atoms with Gasteiger partial charge in [0.25, 0.3) is 11.1 Å². The van der Waals surface area contributed by atoms with Gasteiger partial charge in [-0.25, -0.2) is 0 Å². The molecular formula is C17H16N2O4S.